The van der Waals surface area contributed by atoms with Gasteiger partial charge < -0.3 is 10.1 Å². The second-order valence-electron chi connectivity index (χ2n) is 3.72. The van der Waals surface area contributed by atoms with Gasteiger partial charge in [-0.05, 0) is 13.8 Å². The van der Waals surface area contributed by atoms with E-state index in [2.05, 4.69) is 15.3 Å². The summed E-state index contributed by atoms with van der Waals surface area (Å²) in [7, 11) is 0. The Kier molecular flexibility index (Phi) is 2.63. The lowest BCUT2D eigenvalue weighted by Crippen LogP contribution is -2.25. The summed E-state index contributed by atoms with van der Waals surface area (Å²) < 4.78 is 5.44. The van der Waals surface area contributed by atoms with E-state index in [1.807, 2.05) is 20.0 Å². The molecule has 4 heteroatoms. The molecule has 14 heavy (non-hydrogen) atoms. The van der Waals surface area contributed by atoms with E-state index in [0.717, 1.165) is 25.2 Å². The summed E-state index contributed by atoms with van der Waals surface area (Å²) in [6.45, 7) is 5.82. The van der Waals surface area contributed by atoms with E-state index >= 15 is 0 Å². The highest BCUT2D eigenvalue weighted by atomic mass is 16.5. The lowest BCUT2D eigenvalue weighted by molar-refractivity contribution is 0.221. The van der Waals surface area contributed by atoms with E-state index < -0.39 is 0 Å². The molecule has 0 bridgehead atoms. The van der Waals surface area contributed by atoms with E-state index in [-0.39, 0.29) is 6.10 Å². The maximum Gasteiger partial charge on any atom is 0.316 e. The molecule has 1 aromatic heterocycles. The molecule has 1 aliphatic heterocycles. The summed E-state index contributed by atoms with van der Waals surface area (Å²) in [6.07, 6.45) is 2.95. The Morgan fingerprint density at radius 3 is 3.14 bits per heavy atom. The Hall–Kier alpha value is -1.16. The third kappa shape index (κ3) is 2.01. The first kappa shape index (κ1) is 9.40. The van der Waals surface area contributed by atoms with Gasteiger partial charge in [-0.2, -0.15) is 4.98 Å². The van der Waals surface area contributed by atoms with E-state index in [0.29, 0.717) is 6.01 Å². The number of ether oxygens (including phenoxy) is 1. The molecule has 0 aliphatic carbocycles. The van der Waals surface area contributed by atoms with Crippen molar-refractivity contribution in [1.29, 1.82) is 0 Å². The average molecular weight is 193 g/mol. The summed E-state index contributed by atoms with van der Waals surface area (Å²) >= 11 is 0. The van der Waals surface area contributed by atoms with Crippen LogP contribution in [0.2, 0.25) is 0 Å². The van der Waals surface area contributed by atoms with Gasteiger partial charge in [-0.15, -0.1) is 0 Å². The molecule has 4 nitrogen and oxygen atoms in total. The lowest BCUT2D eigenvalue weighted by atomic mass is 10.1. The molecule has 0 radical (unpaired) electrons. The standard InChI is InChI=1S/C10H15N3O/c1-7(2)14-10-12-6-8-5-11-4-3-9(8)13-10/h6-7,11H,3-5H2,1-2H3. The fourth-order valence-electron chi connectivity index (χ4n) is 1.49. The highest BCUT2D eigenvalue weighted by molar-refractivity contribution is 5.21. The molecular formula is C10H15N3O. The molecule has 0 spiro atoms. The quantitative estimate of drug-likeness (QED) is 0.758. The van der Waals surface area contributed by atoms with Crippen molar-refractivity contribution in [3.05, 3.63) is 17.5 Å². The third-order valence-corrected chi connectivity index (χ3v) is 2.13. The van der Waals surface area contributed by atoms with Crippen molar-refractivity contribution >= 4 is 0 Å². The van der Waals surface area contributed by atoms with Gasteiger partial charge in [0.25, 0.3) is 0 Å². The van der Waals surface area contributed by atoms with Crippen molar-refractivity contribution in [2.75, 3.05) is 6.54 Å². The Balaban J connectivity index is 2.20. The van der Waals surface area contributed by atoms with Crippen LogP contribution in [0.4, 0.5) is 0 Å². The van der Waals surface area contributed by atoms with Crippen LogP contribution in [0.3, 0.4) is 0 Å². The molecule has 1 N–H and O–H groups in total. The average Bonchev–Trinajstić information content (AvgIpc) is 2.17. The lowest BCUT2D eigenvalue weighted by Gasteiger charge is -2.16. The minimum atomic E-state index is 0.134. The van der Waals surface area contributed by atoms with Gasteiger partial charge in [-0.3, -0.25) is 0 Å². The van der Waals surface area contributed by atoms with E-state index in [1.54, 1.807) is 0 Å². The van der Waals surface area contributed by atoms with Crippen LogP contribution in [0, 0.1) is 0 Å². The summed E-state index contributed by atoms with van der Waals surface area (Å²) in [4.78, 5) is 8.54. The molecule has 2 rings (SSSR count). The first-order valence-electron chi connectivity index (χ1n) is 4.98. The molecule has 0 fully saturated rings. The van der Waals surface area contributed by atoms with Gasteiger partial charge in [-0.1, -0.05) is 0 Å². The van der Waals surface area contributed by atoms with Crippen molar-refractivity contribution in [3.8, 4) is 6.01 Å². The predicted molar refractivity (Wildman–Crippen MR) is 53.2 cm³/mol. The Labute approximate surface area is 83.7 Å². The van der Waals surface area contributed by atoms with Crippen LogP contribution in [-0.2, 0) is 13.0 Å². The Morgan fingerprint density at radius 1 is 1.50 bits per heavy atom. The van der Waals surface area contributed by atoms with Crippen LogP contribution < -0.4 is 10.1 Å². The van der Waals surface area contributed by atoms with Crippen LogP contribution in [0.25, 0.3) is 0 Å². The molecule has 0 atom stereocenters. The zero-order valence-corrected chi connectivity index (χ0v) is 8.58. The molecule has 0 amide bonds. The molecular weight excluding hydrogens is 178 g/mol. The summed E-state index contributed by atoms with van der Waals surface area (Å²) in [5.41, 5.74) is 2.31. The molecule has 76 valence electrons. The summed E-state index contributed by atoms with van der Waals surface area (Å²) in [5, 5.41) is 3.28. The minimum Gasteiger partial charge on any atom is -0.461 e. The van der Waals surface area contributed by atoms with Gasteiger partial charge in [0.1, 0.15) is 0 Å². The van der Waals surface area contributed by atoms with Crippen LogP contribution in [0.5, 0.6) is 6.01 Å². The van der Waals surface area contributed by atoms with Gasteiger partial charge in [0.15, 0.2) is 0 Å². The van der Waals surface area contributed by atoms with Crippen molar-refractivity contribution in [3.63, 3.8) is 0 Å². The number of nitrogens with zero attached hydrogens (tertiary/aromatic N) is 2. The molecule has 1 aromatic rings. The molecule has 0 unspecified atom stereocenters. The Morgan fingerprint density at radius 2 is 2.36 bits per heavy atom. The Bertz CT molecular complexity index is 325. The maximum atomic E-state index is 5.44. The first-order valence-corrected chi connectivity index (χ1v) is 4.98. The number of nitrogens with one attached hydrogen (secondary N) is 1. The van der Waals surface area contributed by atoms with Crippen molar-refractivity contribution in [2.24, 2.45) is 0 Å². The highest BCUT2D eigenvalue weighted by Crippen LogP contribution is 2.13. The maximum absolute atomic E-state index is 5.44. The number of hydrogen-bond acceptors (Lipinski definition) is 4. The molecule has 0 aromatic carbocycles. The number of rotatable bonds is 2. The largest absolute Gasteiger partial charge is 0.461 e. The first-order chi connectivity index (χ1) is 6.75. The van der Waals surface area contributed by atoms with Crippen LogP contribution >= 0.6 is 0 Å². The van der Waals surface area contributed by atoms with Crippen LogP contribution in [-0.4, -0.2) is 22.6 Å². The smallest absolute Gasteiger partial charge is 0.316 e. The molecule has 0 saturated heterocycles. The summed E-state index contributed by atoms with van der Waals surface area (Å²) in [6, 6.07) is 0.501. The number of hydrogen-bond donors (Lipinski definition) is 1. The summed E-state index contributed by atoms with van der Waals surface area (Å²) in [5.74, 6) is 0. The van der Waals surface area contributed by atoms with Crippen molar-refractivity contribution < 1.29 is 4.74 Å². The zero-order chi connectivity index (χ0) is 9.97. The minimum absolute atomic E-state index is 0.134. The number of fused-ring (bicyclic) bond motifs is 1. The topological polar surface area (TPSA) is 47.0 Å². The van der Waals surface area contributed by atoms with E-state index in [9.17, 15) is 0 Å². The predicted octanol–water partition coefficient (Wildman–Crippen LogP) is 0.909. The molecule has 1 aliphatic rings. The van der Waals surface area contributed by atoms with Gasteiger partial charge in [0.2, 0.25) is 0 Å². The fraction of sp³-hybridized carbons (Fsp3) is 0.600. The highest BCUT2D eigenvalue weighted by Gasteiger charge is 2.12. The normalized spacial score (nSPS) is 15.4. The van der Waals surface area contributed by atoms with Crippen LogP contribution in [0.1, 0.15) is 25.1 Å². The van der Waals surface area contributed by atoms with Crippen molar-refractivity contribution in [2.45, 2.75) is 32.9 Å². The van der Waals surface area contributed by atoms with Gasteiger partial charge in [0.05, 0.1) is 11.8 Å². The SMILES string of the molecule is CC(C)Oc1ncc2c(n1)CCNC2. The van der Waals surface area contributed by atoms with Crippen molar-refractivity contribution in [1.82, 2.24) is 15.3 Å². The van der Waals surface area contributed by atoms with Gasteiger partial charge in [0, 0.05) is 31.3 Å². The third-order valence-electron chi connectivity index (χ3n) is 2.13. The zero-order valence-electron chi connectivity index (χ0n) is 8.58. The van der Waals surface area contributed by atoms with Gasteiger partial charge >= 0.3 is 6.01 Å². The van der Waals surface area contributed by atoms with Crippen LogP contribution in [0.15, 0.2) is 6.20 Å². The second-order valence-corrected chi connectivity index (χ2v) is 3.72. The molecule has 2 heterocycles. The monoisotopic (exact) mass is 193 g/mol. The number of aromatic nitrogens is 2. The van der Waals surface area contributed by atoms with E-state index in [1.165, 1.54) is 5.56 Å². The second kappa shape index (κ2) is 3.92. The van der Waals surface area contributed by atoms with Gasteiger partial charge in [-0.25, -0.2) is 4.98 Å². The molecule has 0 saturated carbocycles. The van der Waals surface area contributed by atoms with E-state index in [4.69, 9.17) is 4.74 Å². The fourth-order valence-corrected chi connectivity index (χ4v) is 1.49.